The number of hydrogen-bond acceptors (Lipinski definition) is 10. The monoisotopic (exact) mass is 495 g/mol. The van der Waals surface area contributed by atoms with Crippen molar-refractivity contribution in [2.75, 3.05) is 67.7 Å². The average molecular weight is 496 g/mol. The molecule has 0 unspecified atom stereocenters. The Morgan fingerprint density at radius 3 is 2.47 bits per heavy atom. The predicted octanol–water partition coefficient (Wildman–Crippen LogP) is 1.91. The van der Waals surface area contributed by atoms with E-state index in [-0.39, 0.29) is 23.7 Å². The van der Waals surface area contributed by atoms with Gasteiger partial charge in [0.2, 0.25) is 11.8 Å². The predicted molar refractivity (Wildman–Crippen MR) is 129 cm³/mol. The van der Waals surface area contributed by atoms with Crippen molar-refractivity contribution in [2.45, 2.75) is 6.61 Å². The van der Waals surface area contributed by atoms with Crippen LogP contribution in [0.25, 0.3) is 0 Å². The maximum absolute atomic E-state index is 14.4. The topological polar surface area (TPSA) is 115 Å². The number of morpholine rings is 2. The fraction of sp³-hybridized carbons (Fsp3) is 0.375. The summed E-state index contributed by atoms with van der Waals surface area (Å²) in [6.45, 7) is 4.89. The lowest BCUT2D eigenvalue weighted by Crippen LogP contribution is -2.40. The first kappa shape index (κ1) is 23.8. The number of halogens is 1. The summed E-state index contributed by atoms with van der Waals surface area (Å²) in [7, 11) is 0. The van der Waals surface area contributed by atoms with Crippen LogP contribution in [0, 0.1) is 5.82 Å². The van der Waals surface area contributed by atoms with Gasteiger partial charge in [-0.1, -0.05) is 0 Å². The number of carbonyl (C=O) groups excluding carboxylic acids is 1. The van der Waals surface area contributed by atoms with E-state index in [9.17, 15) is 9.18 Å². The van der Waals surface area contributed by atoms with E-state index in [1.54, 1.807) is 6.07 Å². The molecule has 3 aromatic rings. The Morgan fingerprint density at radius 2 is 1.75 bits per heavy atom. The van der Waals surface area contributed by atoms with Gasteiger partial charge in [0.25, 0.3) is 5.91 Å². The van der Waals surface area contributed by atoms with Crippen molar-refractivity contribution in [1.82, 2.24) is 19.9 Å². The Labute approximate surface area is 207 Å². The number of carbonyl (C=O) groups is 1. The molecule has 0 radical (unpaired) electrons. The Kier molecular flexibility index (Phi) is 7.43. The Balaban J connectivity index is 1.35. The minimum atomic E-state index is -0.455. The van der Waals surface area contributed by atoms with Crippen LogP contribution in [0.2, 0.25) is 0 Å². The highest BCUT2D eigenvalue weighted by molar-refractivity contribution is 6.03. The Morgan fingerprint density at radius 1 is 1.00 bits per heavy atom. The number of anilines is 3. The zero-order valence-corrected chi connectivity index (χ0v) is 19.6. The normalized spacial score (nSPS) is 16.0. The van der Waals surface area contributed by atoms with Gasteiger partial charge in [-0.25, -0.2) is 14.4 Å². The summed E-state index contributed by atoms with van der Waals surface area (Å²) in [4.78, 5) is 34.5. The second-order valence-electron chi connectivity index (χ2n) is 8.20. The second kappa shape index (κ2) is 11.2. The lowest BCUT2D eigenvalue weighted by Gasteiger charge is -2.31. The van der Waals surface area contributed by atoms with Crippen molar-refractivity contribution in [3.8, 4) is 5.88 Å². The summed E-state index contributed by atoms with van der Waals surface area (Å²) < 4.78 is 30.8. The standard InChI is InChI=1S/C24H26FN7O4/c25-19-2-1-18(13-17(19)16-36-22-15-26-3-4-27-22)28-23(33)20-14-21(31-5-9-34-10-6-31)30-24(29-20)32-7-11-35-12-8-32/h1-4,13-15H,5-12,16H2,(H,28,33). The van der Waals surface area contributed by atoms with E-state index in [2.05, 4.69) is 25.2 Å². The number of rotatable bonds is 7. The molecule has 1 amide bonds. The summed E-state index contributed by atoms with van der Waals surface area (Å²) in [5.74, 6) is 0.539. The fourth-order valence-corrected chi connectivity index (χ4v) is 3.87. The summed E-state index contributed by atoms with van der Waals surface area (Å²) in [5.41, 5.74) is 0.900. The molecule has 2 aliphatic heterocycles. The number of benzene rings is 1. The van der Waals surface area contributed by atoms with E-state index in [1.807, 2.05) is 4.90 Å². The molecule has 0 atom stereocenters. The highest BCUT2D eigenvalue weighted by Gasteiger charge is 2.22. The summed E-state index contributed by atoms with van der Waals surface area (Å²) in [5, 5.41) is 2.82. The first-order chi connectivity index (χ1) is 17.7. The number of nitrogens with zero attached hydrogens (tertiary/aromatic N) is 6. The molecule has 5 rings (SSSR count). The molecular formula is C24H26FN7O4. The van der Waals surface area contributed by atoms with E-state index < -0.39 is 11.7 Å². The lowest BCUT2D eigenvalue weighted by atomic mass is 10.2. The Hall–Kier alpha value is -3.90. The third-order valence-corrected chi connectivity index (χ3v) is 5.78. The SMILES string of the molecule is O=C(Nc1ccc(F)c(COc2cnccn2)c1)c1cc(N2CCOCC2)nc(N2CCOCC2)n1. The molecule has 4 heterocycles. The quantitative estimate of drug-likeness (QED) is 0.521. The van der Waals surface area contributed by atoms with E-state index in [1.165, 1.54) is 36.8 Å². The van der Waals surface area contributed by atoms with Crippen LogP contribution in [0.1, 0.15) is 16.1 Å². The van der Waals surface area contributed by atoms with Crippen molar-refractivity contribution in [3.05, 3.63) is 59.9 Å². The molecule has 0 spiro atoms. The number of hydrogen-bond donors (Lipinski definition) is 1. The van der Waals surface area contributed by atoms with Crippen molar-refractivity contribution < 1.29 is 23.4 Å². The molecular weight excluding hydrogens is 469 g/mol. The molecule has 0 aliphatic carbocycles. The molecule has 2 fully saturated rings. The second-order valence-corrected chi connectivity index (χ2v) is 8.20. The van der Waals surface area contributed by atoms with Crippen LogP contribution in [-0.2, 0) is 16.1 Å². The smallest absolute Gasteiger partial charge is 0.274 e. The molecule has 1 N–H and O–H groups in total. The van der Waals surface area contributed by atoms with Gasteiger partial charge in [0.15, 0.2) is 0 Å². The van der Waals surface area contributed by atoms with Crippen molar-refractivity contribution in [1.29, 1.82) is 0 Å². The van der Waals surface area contributed by atoms with Crippen LogP contribution in [0.3, 0.4) is 0 Å². The third-order valence-electron chi connectivity index (χ3n) is 5.78. The molecule has 188 valence electrons. The molecule has 2 aromatic heterocycles. The van der Waals surface area contributed by atoms with Crippen LogP contribution in [0.5, 0.6) is 5.88 Å². The first-order valence-electron chi connectivity index (χ1n) is 11.7. The van der Waals surface area contributed by atoms with Crippen LogP contribution in [-0.4, -0.2) is 78.4 Å². The van der Waals surface area contributed by atoms with Crippen molar-refractivity contribution >= 4 is 23.4 Å². The van der Waals surface area contributed by atoms with Crippen LogP contribution < -0.4 is 19.9 Å². The van der Waals surface area contributed by atoms with Gasteiger partial charge in [-0.15, -0.1) is 0 Å². The zero-order chi connectivity index (χ0) is 24.7. The number of ether oxygens (including phenoxy) is 3. The van der Waals surface area contributed by atoms with Gasteiger partial charge in [0, 0.05) is 55.9 Å². The minimum absolute atomic E-state index is 0.0654. The van der Waals surface area contributed by atoms with Gasteiger partial charge >= 0.3 is 0 Å². The first-order valence-corrected chi connectivity index (χ1v) is 11.7. The molecule has 2 aliphatic rings. The highest BCUT2D eigenvalue weighted by Crippen LogP contribution is 2.22. The van der Waals surface area contributed by atoms with E-state index >= 15 is 0 Å². The molecule has 11 nitrogen and oxygen atoms in total. The summed E-state index contributed by atoms with van der Waals surface area (Å²) in [6, 6.07) is 5.97. The summed E-state index contributed by atoms with van der Waals surface area (Å²) in [6.07, 6.45) is 4.45. The van der Waals surface area contributed by atoms with Gasteiger partial charge < -0.3 is 29.3 Å². The van der Waals surface area contributed by atoms with Gasteiger partial charge in [-0.05, 0) is 18.2 Å². The van der Waals surface area contributed by atoms with Crippen molar-refractivity contribution in [2.24, 2.45) is 0 Å². The van der Waals surface area contributed by atoms with Crippen LogP contribution >= 0.6 is 0 Å². The lowest BCUT2D eigenvalue weighted by molar-refractivity contribution is 0.102. The van der Waals surface area contributed by atoms with Crippen molar-refractivity contribution in [3.63, 3.8) is 0 Å². The molecule has 2 saturated heterocycles. The largest absolute Gasteiger partial charge is 0.472 e. The molecule has 1 aromatic carbocycles. The van der Waals surface area contributed by atoms with Gasteiger partial charge in [-0.3, -0.25) is 9.78 Å². The van der Waals surface area contributed by atoms with E-state index in [4.69, 9.17) is 19.2 Å². The maximum Gasteiger partial charge on any atom is 0.274 e. The molecule has 0 saturated carbocycles. The molecule has 36 heavy (non-hydrogen) atoms. The maximum atomic E-state index is 14.4. The van der Waals surface area contributed by atoms with E-state index in [0.717, 1.165) is 0 Å². The molecule has 0 bridgehead atoms. The number of aromatic nitrogens is 4. The highest BCUT2D eigenvalue weighted by atomic mass is 19.1. The van der Waals surface area contributed by atoms with E-state index in [0.29, 0.717) is 70.1 Å². The number of amides is 1. The van der Waals surface area contributed by atoms with Gasteiger partial charge in [0.1, 0.15) is 23.9 Å². The zero-order valence-electron chi connectivity index (χ0n) is 19.6. The van der Waals surface area contributed by atoms with Crippen LogP contribution in [0.4, 0.5) is 21.8 Å². The summed E-state index contributed by atoms with van der Waals surface area (Å²) >= 11 is 0. The fourth-order valence-electron chi connectivity index (χ4n) is 3.87. The van der Waals surface area contributed by atoms with Crippen LogP contribution in [0.15, 0.2) is 42.9 Å². The molecule has 12 heteroatoms. The Bertz CT molecular complexity index is 1150. The third kappa shape index (κ3) is 5.83. The average Bonchev–Trinajstić information content (AvgIpc) is 2.94. The van der Waals surface area contributed by atoms with Gasteiger partial charge in [-0.2, -0.15) is 4.98 Å². The minimum Gasteiger partial charge on any atom is -0.472 e. The number of nitrogens with one attached hydrogen (secondary N) is 1. The van der Waals surface area contributed by atoms with Gasteiger partial charge in [0.05, 0.1) is 32.6 Å².